The maximum atomic E-state index is 14.0. The molecule has 10 heteroatoms. The van der Waals surface area contributed by atoms with Crippen LogP contribution in [0.5, 0.6) is 11.5 Å². The van der Waals surface area contributed by atoms with E-state index in [2.05, 4.69) is 4.90 Å². The summed E-state index contributed by atoms with van der Waals surface area (Å²) < 4.78 is 52.5. The fourth-order valence-corrected chi connectivity index (χ4v) is 8.86. The van der Waals surface area contributed by atoms with Crippen molar-refractivity contribution in [3.8, 4) is 11.5 Å². The van der Waals surface area contributed by atoms with Crippen LogP contribution in [-0.2, 0) is 27.6 Å². The first-order valence-corrected chi connectivity index (χ1v) is 16.5. The second-order valence-electron chi connectivity index (χ2n) is 14.3. The fourth-order valence-electron chi connectivity index (χ4n) is 8.86. The molecular formula is C36H41F3N2O5. The van der Waals surface area contributed by atoms with Gasteiger partial charge >= 0.3 is 12.1 Å². The number of hydrogen-bond acceptors (Lipinski definition) is 6. The Labute approximate surface area is 267 Å². The predicted molar refractivity (Wildman–Crippen MR) is 165 cm³/mol. The lowest BCUT2D eigenvalue weighted by atomic mass is 9.48. The Hall–Kier alpha value is -3.37. The number of benzene rings is 2. The van der Waals surface area contributed by atoms with Gasteiger partial charge in [-0.25, -0.2) is 0 Å². The van der Waals surface area contributed by atoms with Crippen LogP contribution in [-0.4, -0.2) is 70.2 Å². The summed E-state index contributed by atoms with van der Waals surface area (Å²) in [5.41, 5.74) is -0.419. The van der Waals surface area contributed by atoms with Crippen molar-refractivity contribution in [3.63, 3.8) is 0 Å². The molecule has 2 heterocycles. The van der Waals surface area contributed by atoms with Crippen LogP contribution in [0.15, 0.2) is 42.5 Å². The molecule has 0 radical (unpaired) electrons. The van der Waals surface area contributed by atoms with Gasteiger partial charge in [0.05, 0.1) is 22.6 Å². The maximum Gasteiger partial charge on any atom is 0.416 e. The van der Waals surface area contributed by atoms with Crippen LogP contribution < -0.4 is 9.47 Å². The van der Waals surface area contributed by atoms with Crippen LogP contribution >= 0.6 is 0 Å². The van der Waals surface area contributed by atoms with Crippen molar-refractivity contribution in [2.75, 3.05) is 19.6 Å². The highest BCUT2D eigenvalue weighted by molar-refractivity contribution is 5.92. The smallest absolute Gasteiger partial charge is 0.416 e. The third kappa shape index (κ3) is 5.03. The van der Waals surface area contributed by atoms with Gasteiger partial charge in [0.25, 0.3) is 0 Å². The van der Waals surface area contributed by atoms with E-state index in [0.29, 0.717) is 49.6 Å². The number of carbonyl (C=O) groups excluding carboxylic acids is 2. The molecule has 7 rings (SSSR count). The Morgan fingerprint density at radius 2 is 1.96 bits per heavy atom. The number of rotatable bonds is 8. The number of nitrogens with zero attached hydrogens (tertiary/aromatic N) is 2. The molecule has 0 unspecified atom stereocenters. The van der Waals surface area contributed by atoms with E-state index in [-0.39, 0.29) is 23.4 Å². The zero-order valence-electron chi connectivity index (χ0n) is 26.5. The second kappa shape index (κ2) is 11.1. The minimum absolute atomic E-state index is 0.0954. The van der Waals surface area contributed by atoms with E-state index < -0.39 is 40.9 Å². The number of piperidine rings is 1. The molecule has 7 nitrogen and oxygen atoms in total. The average Bonchev–Trinajstić information content (AvgIpc) is 3.74. The molecule has 2 bridgehead atoms. The molecule has 5 aliphatic rings. The molecule has 1 N–H and O–H groups in total. The summed E-state index contributed by atoms with van der Waals surface area (Å²) in [6.07, 6.45) is 2.41. The lowest BCUT2D eigenvalue weighted by molar-refractivity contribution is -0.201. The fraction of sp³-hybridized carbons (Fsp3) is 0.556. The van der Waals surface area contributed by atoms with Crippen LogP contribution in [0, 0.1) is 11.8 Å². The molecule has 1 saturated heterocycles. The van der Waals surface area contributed by atoms with Gasteiger partial charge in [0.15, 0.2) is 11.5 Å². The first-order chi connectivity index (χ1) is 21.8. The highest BCUT2D eigenvalue weighted by Gasteiger charge is 2.73. The van der Waals surface area contributed by atoms with Gasteiger partial charge in [0.2, 0.25) is 5.91 Å². The van der Waals surface area contributed by atoms with Gasteiger partial charge in [0.1, 0.15) is 6.10 Å². The zero-order chi connectivity index (χ0) is 32.6. The third-order valence-electron chi connectivity index (χ3n) is 10.8. The minimum atomic E-state index is -4.49. The van der Waals surface area contributed by atoms with Gasteiger partial charge in [-0.2, -0.15) is 13.2 Å². The molecule has 246 valence electrons. The summed E-state index contributed by atoms with van der Waals surface area (Å²) in [5.74, 6) is 0.768. The Morgan fingerprint density at radius 1 is 1.17 bits per heavy atom. The van der Waals surface area contributed by atoms with Gasteiger partial charge in [-0.1, -0.05) is 32.0 Å². The molecule has 2 aliphatic heterocycles. The number of halogens is 3. The molecule has 2 aromatic rings. The summed E-state index contributed by atoms with van der Waals surface area (Å²) in [5, 5.41) is 12.9. The molecular weight excluding hydrogens is 597 g/mol. The monoisotopic (exact) mass is 638 g/mol. The van der Waals surface area contributed by atoms with Crippen molar-refractivity contribution in [2.45, 2.75) is 94.7 Å². The molecule has 1 amide bonds. The number of likely N-dealkylation sites (tertiary alicyclic amines) is 1. The van der Waals surface area contributed by atoms with E-state index >= 15 is 0 Å². The topological polar surface area (TPSA) is 79.3 Å². The summed E-state index contributed by atoms with van der Waals surface area (Å²) >= 11 is 0. The molecule has 1 spiro atoms. The van der Waals surface area contributed by atoms with Crippen LogP contribution in [0.4, 0.5) is 13.2 Å². The van der Waals surface area contributed by atoms with Crippen molar-refractivity contribution in [1.29, 1.82) is 0 Å². The van der Waals surface area contributed by atoms with Crippen molar-refractivity contribution in [1.82, 2.24) is 9.80 Å². The van der Waals surface area contributed by atoms with Gasteiger partial charge in [-0.3, -0.25) is 14.5 Å². The predicted octanol–water partition coefficient (Wildman–Crippen LogP) is 5.76. The largest absolute Gasteiger partial charge is 0.483 e. The van der Waals surface area contributed by atoms with Crippen LogP contribution in [0.2, 0.25) is 0 Å². The second-order valence-corrected chi connectivity index (χ2v) is 14.3. The van der Waals surface area contributed by atoms with Crippen molar-refractivity contribution < 1.29 is 37.3 Å². The highest BCUT2D eigenvalue weighted by atomic mass is 19.4. The summed E-state index contributed by atoms with van der Waals surface area (Å²) in [6, 6.07) is 8.17. The lowest BCUT2D eigenvalue weighted by Gasteiger charge is -2.65. The van der Waals surface area contributed by atoms with E-state index in [1.807, 2.05) is 19.9 Å². The molecule has 46 heavy (non-hydrogen) atoms. The average molecular weight is 639 g/mol. The van der Waals surface area contributed by atoms with Gasteiger partial charge in [-0.15, -0.1) is 0 Å². The normalized spacial score (nSPS) is 29.9. The Balaban J connectivity index is 1.28. The summed E-state index contributed by atoms with van der Waals surface area (Å²) in [4.78, 5) is 30.4. The van der Waals surface area contributed by atoms with E-state index in [4.69, 9.17) is 9.47 Å². The van der Waals surface area contributed by atoms with Crippen molar-refractivity contribution in [2.24, 2.45) is 11.8 Å². The van der Waals surface area contributed by atoms with Crippen LogP contribution in [0.3, 0.4) is 0 Å². The SMILES string of the molecule is CC(=O)Oc1ccc2c3c1O[C@H]1[C@@H](N(CC(C)C)C(=O)C=Cc4cccc(C(F)(F)F)c4)CC[C@@]4(O)[C@@H](C2)N(CC2CC2)CC[C@]314. The van der Waals surface area contributed by atoms with E-state index in [9.17, 15) is 27.9 Å². The first kappa shape index (κ1) is 31.2. The highest BCUT2D eigenvalue weighted by Crippen LogP contribution is 2.66. The number of hydrogen-bond donors (Lipinski definition) is 1. The molecule has 5 atom stereocenters. The molecule has 0 aromatic heterocycles. The summed E-state index contributed by atoms with van der Waals surface area (Å²) in [7, 11) is 0. The number of ether oxygens (including phenoxy) is 2. The molecule has 2 aromatic carbocycles. The third-order valence-corrected chi connectivity index (χ3v) is 10.8. The van der Waals surface area contributed by atoms with Crippen molar-refractivity contribution >= 4 is 18.0 Å². The molecule has 2 saturated carbocycles. The number of esters is 1. The number of aliphatic hydroxyl groups is 1. The molecule has 3 aliphatic carbocycles. The van der Waals surface area contributed by atoms with E-state index in [1.54, 1.807) is 11.0 Å². The first-order valence-electron chi connectivity index (χ1n) is 16.5. The summed E-state index contributed by atoms with van der Waals surface area (Å²) in [6.45, 7) is 7.54. The van der Waals surface area contributed by atoms with Gasteiger partial charge < -0.3 is 19.5 Å². The minimum Gasteiger partial charge on any atom is -0.483 e. The Kier molecular flexibility index (Phi) is 7.55. The standard InChI is InChI=1S/C36H41F3N2O5/c1-21(2)19-41(30(43)12-9-23-5-4-6-26(17-23)36(37,38)39)27-13-14-35(44)29-18-25-10-11-28(45-22(3)42)32-31(25)34(35,33(27)46-32)15-16-40(29)20-24-7-8-24/h4-6,9-12,17,21,24,27,29,33,44H,7-8,13-16,18-20H2,1-3H3/t27-,29+,33-,34-,35+/m0/s1. The Morgan fingerprint density at radius 3 is 2.65 bits per heavy atom. The van der Waals surface area contributed by atoms with E-state index in [0.717, 1.165) is 36.3 Å². The van der Waals surface area contributed by atoms with Gasteiger partial charge in [0, 0.05) is 37.7 Å². The maximum absolute atomic E-state index is 14.0. The lowest BCUT2D eigenvalue weighted by Crippen LogP contribution is -2.78. The van der Waals surface area contributed by atoms with Crippen LogP contribution in [0.25, 0.3) is 6.08 Å². The number of amides is 1. The molecule has 3 fully saturated rings. The quantitative estimate of drug-likeness (QED) is 0.225. The van der Waals surface area contributed by atoms with Gasteiger partial charge in [-0.05, 0) is 92.3 Å². The Bertz CT molecular complexity index is 1590. The van der Waals surface area contributed by atoms with Crippen LogP contribution in [0.1, 0.15) is 75.1 Å². The number of alkyl halides is 3. The zero-order valence-corrected chi connectivity index (χ0v) is 26.5. The van der Waals surface area contributed by atoms with E-state index in [1.165, 1.54) is 44.1 Å². The number of carbonyl (C=O) groups is 2. The van der Waals surface area contributed by atoms with Crippen molar-refractivity contribution in [3.05, 3.63) is 64.7 Å².